The Morgan fingerprint density at radius 2 is 1.79 bits per heavy atom. The molecule has 0 aromatic heterocycles. The van der Waals surface area contributed by atoms with E-state index in [2.05, 4.69) is 51.0 Å². The molecule has 1 heteroatoms. The van der Waals surface area contributed by atoms with Gasteiger partial charge in [-0.15, -0.1) is 6.58 Å². The van der Waals surface area contributed by atoms with Gasteiger partial charge in [-0.2, -0.15) is 0 Å². The average molecular weight is 259 g/mol. The summed E-state index contributed by atoms with van der Waals surface area (Å²) in [6.07, 6.45) is 12.8. The number of hydrogen-bond acceptors (Lipinski definition) is 1. The molecule has 106 valence electrons. The van der Waals surface area contributed by atoms with Crippen molar-refractivity contribution in [3.63, 3.8) is 0 Å². The Morgan fingerprint density at radius 3 is 2.32 bits per heavy atom. The maximum absolute atomic E-state index is 4.08. The maximum Gasteiger partial charge on any atom is 0.0365 e. The van der Waals surface area contributed by atoms with Crippen LogP contribution >= 0.6 is 0 Å². The molecule has 0 radical (unpaired) electrons. The van der Waals surface area contributed by atoms with E-state index in [1.807, 2.05) is 25.2 Å². The third-order valence-corrected chi connectivity index (χ3v) is 2.87. The van der Waals surface area contributed by atoms with Gasteiger partial charge in [-0.1, -0.05) is 42.0 Å². The van der Waals surface area contributed by atoms with Crippen molar-refractivity contribution < 1.29 is 0 Å². The van der Waals surface area contributed by atoms with Crippen LogP contribution in [-0.2, 0) is 0 Å². The molecule has 0 saturated heterocycles. The molecule has 0 fully saturated rings. The lowest BCUT2D eigenvalue weighted by molar-refractivity contribution is 0.435. The number of hydrogen-bond donors (Lipinski definition) is 0. The molecule has 0 aliphatic heterocycles. The quantitative estimate of drug-likeness (QED) is 0.403. The highest BCUT2D eigenvalue weighted by Gasteiger charge is 2.01. The average Bonchev–Trinajstić information content (AvgIpc) is 2.34. The lowest BCUT2D eigenvalue weighted by atomic mass is 10.1. The summed E-state index contributed by atoms with van der Waals surface area (Å²) in [6, 6.07) is 0. The monoisotopic (exact) mass is 259 g/mol. The molecule has 0 rings (SSSR count). The molecule has 0 bridgehead atoms. The highest BCUT2D eigenvalue weighted by atomic mass is 15.1. The number of nitrogens with zero attached hydrogens (tertiary/aromatic N) is 1. The zero-order chi connectivity index (χ0) is 14.7. The van der Waals surface area contributed by atoms with Crippen molar-refractivity contribution in [3.05, 3.63) is 60.4 Å². The van der Waals surface area contributed by atoms with Gasteiger partial charge in [0.25, 0.3) is 0 Å². The predicted octanol–water partition coefficient (Wildman–Crippen LogP) is 5.26. The fourth-order valence-corrected chi connectivity index (χ4v) is 1.72. The summed E-state index contributed by atoms with van der Waals surface area (Å²) in [5.41, 5.74) is 3.86. The van der Waals surface area contributed by atoms with Gasteiger partial charge in [0.05, 0.1) is 0 Å². The van der Waals surface area contributed by atoms with Crippen LogP contribution in [0, 0.1) is 0 Å². The first-order valence-corrected chi connectivity index (χ1v) is 6.97. The van der Waals surface area contributed by atoms with Crippen molar-refractivity contribution in [3.8, 4) is 0 Å². The van der Waals surface area contributed by atoms with Gasteiger partial charge in [0.15, 0.2) is 0 Å². The van der Waals surface area contributed by atoms with Crippen LogP contribution in [0.3, 0.4) is 0 Å². The molecule has 0 aromatic carbocycles. The second-order valence-electron chi connectivity index (χ2n) is 5.06. The molecule has 0 aliphatic carbocycles. The van der Waals surface area contributed by atoms with E-state index >= 15 is 0 Å². The first-order valence-electron chi connectivity index (χ1n) is 6.97. The van der Waals surface area contributed by atoms with Gasteiger partial charge in [0, 0.05) is 18.8 Å². The molecule has 1 nitrogen and oxygen atoms in total. The van der Waals surface area contributed by atoms with Crippen molar-refractivity contribution in [2.45, 2.75) is 40.5 Å². The van der Waals surface area contributed by atoms with Crippen LogP contribution in [0.25, 0.3) is 0 Å². The zero-order valence-corrected chi connectivity index (χ0v) is 13.1. The smallest absolute Gasteiger partial charge is 0.0365 e. The van der Waals surface area contributed by atoms with Crippen LogP contribution in [0.5, 0.6) is 0 Å². The summed E-state index contributed by atoms with van der Waals surface area (Å²) in [6.45, 7) is 18.1. The van der Waals surface area contributed by atoms with E-state index in [1.54, 1.807) is 0 Å². The van der Waals surface area contributed by atoms with E-state index in [9.17, 15) is 0 Å². The van der Waals surface area contributed by atoms with E-state index in [0.717, 1.165) is 31.6 Å². The molecule has 0 aliphatic rings. The Balaban J connectivity index is 4.39. The van der Waals surface area contributed by atoms with E-state index in [1.165, 1.54) is 11.1 Å². The van der Waals surface area contributed by atoms with E-state index in [4.69, 9.17) is 0 Å². The minimum absolute atomic E-state index is 0.834. The zero-order valence-electron chi connectivity index (χ0n) is 13.1. The van der Waals surface area contributed by atoms with Crippen LogP contribution in [0.15, 0.2) is 60.4 Å². The minimum atomic E-state index is 0.834. The van der Waals surface area contributed by atoms with Crippen LogP contribution in [0.4, 0.5) is 0 Å². The molecule has 0 unspecified atom stereocenters. The number of allylic oxidation sites excluding steroid dienone is 5. The predicted molar refractivity (Wildman–Crippen MR) is 88.1 cm³/mol. The normalized spacial score (nSPS) is 11.5. The fourth-order valence-electron chi connectivity index (χ4n) is 1.72. The summed E-state index contributed by atoms with van der Waals surface area (Å²) < 4.78 is 0. The summed E-state index contributed by atoms with van der Waals surface area (Å²) in [5, 5.41) is 0. The largest absolute Gasteiger partial charge is 0.365 e. The third-order valence-electron chi connectivity index (χ3n) is 2.87. The van der Waals surface area contributed by atoms with E-state index < -0.39 is 0 Å². The first kappa shape index (κ1) is 17.5. The standard InChI is InChI=1S/C18H29N/c1-7-10-18(6)19(14-8-2)15-13-17(5)12-9-11-16(3)4/h7-8,10-11,13H,2,6,9,12,14-15H2,1,3-5H3/b10-7+,17-13+. The Hall–Kier alpha value is -1.50. The molecular weight excluding hydrogens is 230 g/mol. The Morgan fingerprint density at radius 1 is 1.11 bits per heavy atom. The molecule has 19 heavy (non-hydrogen) atoms. The van der Waals surface area contributed by atoms with Crippen LogP contribution in [0.2, 0.25) is 0 Å². The Bertz CT molecular complexity index is 365. The Labute approximate surface area is 119 Å². The molecule has 0 amide bonds. The SMILES string of the molecule is C=CCN(C/C=C(\C)CCC=C(C)C)C(=C)/C=C/C. The van der Waals surface area contributed by atoms with E-state index in [0.29, 0.717) is 0 Å². The fraction of sp³-hybridized carbons (Fsp3) is 0.444. The second-order valence-corrected chi connectivity index (χ2v) is 5.06. The van der Waals surface area contributed by atoms with Crippen molar-refractivity contribution in [2.24, 2.45) is 0 Å². The maximum atomic E-state index is 4.08. The molecule has 0 N–H and O–H groups in total. The highest BCUT2D eigenvalue weighted by Crippen LogP contribution is 2.09. The third kappa shape index (κ3) is 9.12. The van der Waals surface area contributed by atoms with Gasteiger partial charge in [-0.25, -0.2) is 0 Å². The van der Waals surface area contributed by atoms with Crippen LogP contribution in [-0.4, -0.2) is 18.0 Å². The summed E-state index contributed by atoms with van der Waals surface area (Å²) in [4.78, 5) is 2.22. The molecule has 0 aromatic rings. The van der Waals surface area contributed by atoms with Crippen molar-refractivity contribution in [2.75, 3.05) is 13.1 Å². The molecule has 0 heterocycles. The number of rotatable bonds is 9. The van der Waals surface area contributed by atoms with Crippen molar-refractivity contribution in [1.82, 2.24) is 4.90 Å². The molecule has 0 spiro atoms. The van der Waals surface area contributed by atoms with Gasteiger partial charge in [0.1, 0.15) is 0 Å². The summed E-state index contributed by atoms with van der Waals surface area (Å²) >= 11 is 0. The topological polar surface area (TPSA) is 3.24 Å². The van der Waals surface area contributed by atoms with E-state index in [-0.39, 0.29) is 0 Å². The Kier molecular flexibility index (Phi) is 9.60. The first-order chi connectivity index (χ1) is 9.01. The molecular formula is C18H29N. The molecule has 0 atom stereocenters. The van der Waals surface area contributed by atoms with Gasteiger partial charge in [0.2, 0.25) is 0 Å². The van der Waals surface area contributed by atoms with Gasteiger partial charge in [-0.3, -0.25) is 0 Å². The van der Waals surface area contributed by atoms with Crippen molar-refractivity contribution >= 4 is 0 Å². The van der Waals surface area contributed by atoms with Crippen LogP contribution < -0.4 is 0 Å². The summed E-state index contributed by atoms with van der Waals surface area (Å²) in [7, 11) is 0. The highest BCUT2D eigenvalue weighted by molar-refractivity contribution is 5.15. The van der Waals surface area contributed by atoms with Crippen LogP contribution in [0.1, 0.15) is 40.5 Å². The molecule has 0 saturated carbocycles. The second kappa shape index (κ2) is 10.4. The van der Waals surface area contributed by atoms with Gasteiger partial charge in [-0.05, 0) is 46.6 Å². The van der Waals surface area contributed by atoms with Crippen molar-refractivity contribution in [1.29, 1.82) is 0 Å². The van der Waals surface area contributed by atoms with Gasteiger partial charge >= 0.3 is 0 Å². The lowest BCUT2D eigenvalue weighted by Crippen LogP contribution is -2.22. The minimum Gasteiger partial charge on any atom is -0.365 e. The van der Waals surface area contributed by atoms with Gasteiger partial charge < -0.3 is 4.90 Å². The lowest BCUT2D eigenvalue weighted by Gasteiger charge is -2.22. The summed E-state index contributed by atoms with van der Waals surface area (Å²) in [5.74, 6) is 0.